The van der Waals surface area contributed by atoms with Gasteiger partial charge in [0.05, 0.1) is 0 Å². The third-order valence-electron chi connectivity index (χ3n) is 1.56. The van der Waals surface area contributed by atoms with E-state index in [2.05, 4.69) is 10.3 Å². The lowest BCUT2D eigenvalue weighted by Crippen LogP contribution is -2.29. The summed E-state index contributed by atoms with van der Waals surface area (Å²) in [4.78, 5) is 0. The van der Waals surface area contributed by atoms with Crippen LogP contribution in [0.4, 0.5) is 0 Å². The van der Waals surface area contributed by atoms with Crippen molar-refractivity contribution in [3.63, 3.8) is 0 Å². The Balaban J connectivity index is 4.43. The van der Waals surface area contributed by atoms with Crippen LogP contribution < -0.4 is 5.73 Å². The van der Waals surface area contributed by atoms with Gasteiger partial charge in [0.1, 0.15) is 5.71 Å². The fraction of sp³-hybridized carbons (Fsp3) is 0.667. The molecule has 0 aromatic carbocycles. The third kappa shape index (κ3) is 2.45. The Labute approximate surface area is 65.2 Å². The van der Waals surface area contributed by atoms with Crippen LogP contribution in [0, 0.1) is 5.92 Å². The number of hydrogen-bond acceptors (Lipinski definition) is 4. The minimum absolute atomic E-state index is 0.00380. The average molecular weight is 159 g/mol. The monoisotopic (exact) mass is 159 g/mol. The average Bonchev–Trinajstić information content (AvgIpc) is 2.05. The number of oxime groups is 2. The molecule has 0 fully saturated rings. The van der Waals surface area contributed by atoms with Gasteiger partial charge in [-0.05, 0) is 6.42 Å². The molecule has 0 saturated heterocycles. The van der Waals surface area contributed by atoms with Crippen LogP contribution >= 0.6 is 0 Å². The Bertz CT molecular complexity index is 177. The van der Waals surface area contributed by atoms with Gasteiger partial charge in [0, 0.05) is 5.92 Å². The summed E-state index contributed by atoms with van der Waals surface area (Å²) < 4.78 is 0. The molecule has 5 heteroatoms. The first-order chi connectivity index (χ1) is 5.17. The number of nitrogens with zero attached hydrogens (tertiary/aromatic N) is 2. The number of hydrogen-bond donors (Lipinski definition) is 3. The Morgan fingerprint density at radius 1 is 1.45 bits per heavy atom. The molecule has 0 rings (SSSR count). The lowest BCUT2D eigenvalue weighted by molar-refractivity contribution is 0.311. The second-order valence-corrected chi connectivity index (χ2v) is 2.28. The van der Waals surface area contributed by atoms with E-state index in [0.29, 0.717) is 0 Å². The number of amidine groups is 1. The summed E-state index contributed by atoms with van der Waals surface area (Å²) in [5.74, 6) is -0.141. The molecule has 0 radical (unpaired) electrons. The van der Waals surface area contributed by atoms with Gasteiger partial charge in [0.25, 0.3) is 0 Å². The van der Waals surface area contributed by atoms with Crippen LogP contribution in [0.2, 0.25) is 0 Å². The van der Waals surface area contributed by atoms with Gasteiger partial charge >= 0.3 is 0 Å². The molecule has 0 aliphatic rings. The van der Waals surface area contributed by atoms with Gasteiger partial charge in [-0.3, -0.25) is 0 Å². The molecule has 5 nitrogen and oxygen atoms in total. The van der Waals surface area contributed by atoms with Crippen LogP contribution in [0.1, 0.15) is 20.3 Å². The summed E-state index contributed by atoms with van der Waals surface area (Å²) in [6, 6.07) is 0. The largest absolute Gasteiger partial charge is 0.411 e. The number of nitrogens with two attached hydrogens (primary N) is 1. The van der Waals surface area contributed by atoms with E-state index in [4.69, 9.17) is 16.1 Å². The van der Waals surface area contributed by atoms with E-state index in [1.54, 1.807) is 0 Å². The van der Waals surface area contributed by atoms with Crippen molar-refractivity contribution in [2.45, 2.75) is 20.3 Å². The molecule has 0 saturated carbocycles. The Hall–Kier alpha value is -1.26. The molecule has 0 amide bonds. The van der Waals surface area contributed by atoms with E-state index in [1.807, 2.05) is 13.8 Å². The second-order valence-electron chi connectivity index (χ2n) is 2.28. The van der Waals surface area contributed by atoms with Gasteiger partial charge in [-0.25, -0.2) is 0 Å². The van der Waals surface area contributed by atoms with E-state index in [9.17, 15) is 0 Å². The lowest BCUT2D eigenvalue weighted by atomic mass is 10.0. The molecular formula is C6H13N3O2. The quantitative estimate of drug-likeness (QED) is 0.244. The molecule has 0 heterocycles. The molecule has 11 heavy (non-hydrogen) atoms. The molecule has 0 aromatic heterocycles. The Morgan fingerprint density at radius 2 is 2.00 bits per heavy atom. The van der Waals surface area contributed by atoms with E-state index in [-0.39, 0.29) is 17.5 Å². The summed E-state index contributed by atoms with van der Waals surface area (Å²) in [5.41, 5.74) is 5.43. The molecule has 0 aromatic rings. The smallest absolute Gasteiger partial charge is 0.188 e. The topological polar surface area (TPSA) is 91.2 Å². The zero-order valence-corrected chi connectivity index (χ0v) is 6.65. The van der Waals surface area contributed by atoms with Gasteiger partial charge in [0.15, 0.2) is 5.84 Å². The number of rotatable bonds is 3. The van der Waals surface area contributed by atoms with Crippen LogP contribution in [0.5, 0.6) is 0 Å². The maximum absolute atomic E-state index is 8.45. The van der Waals surface area contributed by atoms with Gasteiger partial charge in [-0.2, -0.15) is 0 Å². The van der Waals surface area contributed by atoms with Crippen LogP contribution in [-0.2, 0) is 0 Å². The van der Waals surface area contributed by atoms with Gasteiger partial charge in [0.2, 0.25) is 0 Å². The fourth-order valence-corrected chi connectivity index (χ4v) is 0.647. The highest BCUT2D eigenvalue weighted by molar-refractivity contribution is 6.41. The van der Waals surface area contributed by atoms with Crippen molar-refractivity contribution >= 4 is 11.5 Å². The maximum Gasteiger partial charge on any atom is 0.188 e. The van der Waals surface area contributed by atoms with E-state index < -0.39 is 0 Å². The highest BCUT2D eigenvalue weighted by Crippen LogP contribution is 2.03. The summed E-state index contributed by atoms with van der Waals surface area (Å²) >= 11 is 0. The molecule has 0 aliphatic heterocycles. The molecule has 0 aliphatic carbocycles. The van der Waals surface area contributed by atoms with Gasteiger partial charge < -0.3 is 16.1 Å². The molecule has 4 N–H and O–H groups in total. The zero-order chi connectivity index (χ0) is 8.85. The summed E-state index contributed by atoms with van der Waals surface area (Å²) in [5, 5.41) is 22.4. The van der Waals surface area contributed by atoms with Crippen LogP contribution in [0.3, 0.4) is 0 Å². The van der Waals surface area contributed by atoms with Crippen molar-refractivity contribution < 1.29 is 10.4 Å². The normalized spacial score (nSPS) is 16.5. The molecule has 0 bridgehead atoms. The summed E-state index contributed by atoms with van der Waals surface area (Å²) in [7, 11) is 0. The summed E-state index contributed by atoms with van der Waals surface area (Å²) in [6.07, 6.45) is 0.773. The fourth-order valence-electron chi connectivity index (χ4n) is 0.647. The van der Waals surface area contributed by atoms with Crippen LogP contribution in [0.15, 0.2) is 10.3 Å². The first-order valence-corrected chi connectivity index (χ1v) is 3.37. The highest BCUT2D eigenvalue weighted by atomic mass is 16.4. The molecule has 64 valence electrons. The van der Waals surface area contributed by atoms with E-state index >= 15 is 0 Å². The predicted molar refractivity (Wildman–Crippen MR) is 42.1 cm³/mol. The Morgan fingerprint density at radius 3 is 2.27 bits per heavy atom. The van der Waals surface area contributed by atoms with Crippen molar-refractivity contribution in [3.8, 4) is 0 Å². The molecule has 1 atom stereocenters. The van der Waals surface area contributed by atoms with Gasteiger partial charge in [-0.15, -0.1) is 0 Å². The lowest BCUT2D eigenvalue weighted by Gasteiger charge is -2.07. The van der Waals surface area contributed by atoms with Crippen molar-refractivity contribution in [2.24, 2.45) is 22.0 Å². The molecule has 1 unspecified atom stereocenters. The SMILES string of the molecule is CCC(C)C(=N/O)/C(N)=N/O. The minimum atomic E-state index is -0.137. The van der Waals surface area contributed by atoms with E-state index in [1.165, 1.54) is 0 Å². The highest BCUT2D eigenvalue weighted by Gasteiger charge is 2.13. The molecule has 0 spiro atoms. The third-order valence-corrected chi connectivity index (χ3v) is 1.56. The van der Waals surface area contributed by atoms with Crippen molar-refractivity contribution in [3.05, 3.63) is 0 Å². The summed E-state index contributed by atoms with van der Waals surface area (Å²) in [6.45, 7) is 3.74. The van der Waals surface area contributed by atoms with Gasteiger partial charge in [-0.1, -0.05) is 24.2 Å². The van der Waals surface area contributed by atoms with Crippen LogP contribution in [0.25, 0.3) is 0 Å². The van der Waals surface area contributed by atoms with Crippen molar-refractivity contribution in [2.75, 3.05) is 0 Å². The van der Waals surface area contributed by atoms with Crippen LogP contribution in [-0.4, -0.2) is 22.0 Å². The van der Waals surface area contributed by atoms with E-state index in [0.717, 1.165) is 6.42 Å². The standard InChI is InChI=1S/C6H13N3O2/c1-3-4(2)5(8-10)6(7)9-11/h4,10-11H,3H2,1-2H3,(H2,7,9)/b8-5-. The van der Waals surface area contributed by atoms with Crippen molar-refractivity contribution in [1.82, 2.24) is 0 Å². The predicted octanol–water partition coefficient (Wildman–Crippen LogP) is 0.609. The second kappa shape index (κ2) is 4.54. The maximum atomic E-state index is 8.45. The minimum Gasteiger partial charge on any atom is -0.411 e. The first kappa shape index (κ1) is 9.74. The zero-order valence-electron chi connectivity index (χ0n) is 6.65. The first-order valence-electron chi connectivity index (χ1n) is 3.37. The van der Waals surface area contributed by atoms with Crippen molar-refractivity contribution in [1.29, 1.82) is 0 Å². The Kier molecular flexibility index (Phi) is 4.02. The molecular weight excluding hydrogens is 146 g/mol.